The average Bonchev–Trinajstić information content (AvgIpc) is 2.41. The Bertz CT molecular complexity index is 805. The second kappa shape index (κ2) is 6.40. The van der Waals surface area contributed by atoms with Crippen LogP contribution in [0.25, 0.3) is 0 Å². The minimum Gasteiger partial charge on any atom is -0.406 e. The quantitative estimate of drug-likeness (QED) is 0.810. The van der Waals surface area contributed by atoms with Crippen molar-refractivity contribution in [2.45, 2.75) is 18.2 Å². The Hall–Kier alpha value is -1.74. The van der Waals surface area contributed by atoms with Gasteiger partial charge in [-0.25, -0.2) is 8.42 Å². The van der Waals surface area contributed by atoms with Gasteiger partial charge in [-0.2, -0.15) is 0 Å². The SMILES string of the molecule is Cc1ccc(NS(=O)(=O)c2ccc(OC(F)(F)F)cc2)c(Br)c1. The number of ether oxygens (including phenoxy) is 1. The zero-order chi connectivity index (χ0) is 17.3. The van der Waals surface area contributed by atoms with Crippen molar-refractivity contribution < 1.29 is 26.3 Å². The number of sulfonamides is 1. The first-order chi connectivity index (χ1) is 10.6. The van der Waals surface area contributed by atoms with E-state index in [4.69, 9.17) is 0 Å². The summed E-state index contributed by atoms with van der Waals surface area (Å²) in [6, 6.07) is 8.98. The van der Waals surface area contributed by atoms with Gasteiger partial charge in [-0.15, -0.1) is 13.2 Å². The van der Waals surface area contributed by atoms with Crippen LogP contribution in [0.15, 0.2) is 51.8 Å². The third-order valence-electron chi connectivity index (χ3n) is 2.74. The second-order valence-corrected chi connectivity index (χ2v) is 7.14. The standard InChI is InChI=1S/C14H11BrF3NO3S/c1-9-2-7-13(12(15)8-9)19-23(20,21)11-5-3-10(4-6-11)22-14(16,17)18/h2-8,19H,1H3. The summed E-state index contributed by atoms with van der Waals surface area (Å²) in [6.45, 7) is 1.85. The highest BCUT2D eigenvalue weighted by atomic mass is 79.9. The number of hydrogen-bond acceptors (Lipinski definition) is 3. The molecule has 0 saturated carbocycles. The largest absolute Gasteiger partial charge is 0.573 e. The predicted octanol–water partition coefficient (Wildman–Crippen LogP) is 4.46. The molecule has 0 saturated heterocycles. The van der Waals surface area contributed by atoms with E-state index in [-0.39, 0.29) is 4.90 Å². The summed E-state index contributed by atoms with van der Waals surface area (Å²) < 4.78 is 67.3. The van der Waals surface area contributed by atoms with Crippen LogP contribution in [-0.4, -0.2) is 14.8 Å². The van der Waals surface area contributed by atoms with Gasteiger partial charge >= 0.3 is 6.36 Å². The van der Waals surface area contributed by atoms with Gasteiger partial charge in [0.25, 0.3) is 10.0 Å². The first-order valence-electron chi connectivity index (χ1n) is 6.22. The lowest BCUT2D eigenvalue weighted by Gasteiger charge is -2.12. The fourth-order valence-corrected chi connectivity index (χ4v) is 3.53. The topological polar surface area (TPSA) is 55.4 Å². The normalized spacial score (nSPS) is 12.0. The first kappa shape index (κ1) is 17.6. The van der Waals surface area contributed by atoms with E-state index in [1.54, 1.807) is 18.2 Å². The Morgan fingerprint density at radius 1 is 1.09 bits per heavy atom. The monoisotopic (exact) mass is 409 g/mol. The molecular formula is C14H11BrF3NO3S. The van der Waals surface area contributed by atoms with Crippen LogP contribution in [0.3, 0.4) is 0 Å². The van der Waals surface area contributed by atoms with Crippen LogP contribution < -0.4 is 9.46 Å². The molecule has 2 aromatic carbocycles. The van der Waals surface area contributed by atoms with Crippen molar-refractivity contribution in [2.75, 3.05) is 4.72 Å². The van der Waals surface area contributed by atoms with E-state index >= 15 is 0 Å². The van der Waals surface area contributed by atoms with E-state index in [1.165, 1.54) is 0 Å². The molecule has 2 aromatic rings. The summed E-state index contributed by atoms with van der Waals surface area (Å²) in [5.41, 5.74) is 1.26. The summed E-state index contributed by atoms with van der Waals surface area (Å²) in [6.07, 6.45) is -4.83. The van der Waals surface area contributed by atoms with E-state index < -0.39 is 22.1 Å². The van der Waals surface area contributed by atoms with Gasteiger partial charge in [0.1, 0.15) is 5.75 Å². The molecular weight excluding hydrogens is 399 g/mol. The molecule has 0 aliphatic heterocycles. The number of anilines is 1. The maximum absolute atomic E-state index is 12.2. The third-order valence-corrected chi connectivity index (χ3v) is 4.77. The van der Waals surface area contributed by atoms with Crippen molar-refractivity contribution in [3.05, 3.63) is 52.5 Å². The lowest BCUT2D eigenvalue weighted by Crippen LogP contribution is -2.17. The van der Waals surface area contributed by atoms with Gasteiger partial charge in [0, 0.05) is 4.47 Å². The van der Waals surface area contributed by atoms with Crippen molar-refractivity contribution in [3.8, 4) is 5.75 Å². The predicted molar refractivity (Wildman–Crippen MR) is 82.8 cm³/mol. The van der Waals surface area contributed by atoms with Crippen molar-refractivity contribution in [2.24, 2.45) is 0 Å². The molecule has 23 heavy (non-hydrogen) atoms. The fourth-order valence-electron chi connectivity index (χ4n) is 1.73. The van der Waals surface area contributed by atoms with Gasteiger partial charge in [-0.3, -0.25) is 4.72 Å². The Labute approximate surface area is 139 Å². The molecule has 0 unspecified atom stereocenters. The Kier molecular flexibility index (Phi) is 4.90. The van der Waals surface area contributed by atoms with Crippen molar-refractivity contribution in [1.29, 1.82) is 0 Å². The summed E-state index contributed by atoms with van der Waals surface area (Å²) in [7, 11) is -3.93. The van der Waals surface area contributed by atoms with Gasteiger partial charge in [-0.05, 0) is 64.8 Å². The van der Waals surface area contributed by atoms with Gasteiger partial charge in [-0.1, -0.05) is 6.07 Å². The number of hydrogen-bond donors (Lipinski definition) is 1. The molecule has 0 aliphatic carbocycles. The van der Waals surface area contributed by atoms with Gasteiger partial charge < -0.3 is 4.74 Å². The van der Waals surface area contributed by atoms with Gasteiger partial charge in [0.05, 0.1) is 10.6 Å². The number of halogens is 4. The maximum atomic E-state index is 12.2. The van der Waals surface area contributed by atoms with Crippen LogP contribution in [0, 0.1) is 6.92 Å². The molecule has 2 rings (SSSR count). The van der Waals surface area contributed by atoms with Crippen LogP contribution in [-0.2, 0) is 10.0 Å². The minimum atomic E-state index is -4.83. The second-order valence-electron chi connectivity index (χ2n) is 4.61. The van der Waals surface area contributed by atoms with Gasteiger partial charge in [0.15, 0.2) is 0 Å². The van der Waals surface area contributed by atoms with Crippen LogP contribution in [0.5, 0.6) is 5.75 Å². The zero-order valence-electron chi connectivity index (χ0n) is 11.7. The number of aryl methyl sites for hydroxylation is 1. The average molecular weight is 410 g/mol. The highest BCUT2D eigenvalue weighted by Gasteiger charge is 2.31. The van der Waals surface area contributed by atoms with E-state index in [2.05, 4.69) is 25.4 Å². The molecule has 0 heterocycles. The molecule has 0 bridgehead atoms. The van der Waals surface area contributed by atoms with Crippen LogP contribution >= 0.6 is 15.9 Å². The number of alkyl halides is 3. The highest BCUT2D eigenvalue weighted by molar-refractivity contribution is 9.10. The van der Waals surface area contributed by atoms with Crippen LogP contribution in [0.4, 0.5) is 18.9 Å². The number of rotatable bonds is 4. The Morgan fingerprint density at radius 2 is 1.70 bits per heavy atom. The Morgan fingerprint density at radius 3 is 2.22 bits per heavy atom. The summed E-state index contributed by atoms with van der Waals surface area (Å²) in [5, 5.41) is 0. The maximum Gasteiger partial charge on any atom is 0.573 e. The molecule has 9 heteroatoms. The molecule has 0 amide bonds. The molecule has 0 fully saturated rings. The lowest BCUT2D eigenvalue weighted by molar-refractivity contribution is -0.274. The molecule has 0 atom stereocenters. The summed E-state index contributed by atoms with van der Waals surface area (Å²) in [5.74, 6) is -0.493. The molecule has 4 nitrogen and oxygen atoms in total. The lowest BCUT2D eigenvalue weighted by atomic mass is 10.2. The smallest absolute Gasteiger partial charge is 0.406 e. The molecule has 0 aromatic heterocycles. The molecule has 0 spiro atoms. The van der Waals surface area contributed by atoms with Crippen LogP contribution in [0.1, 0.15) is 5.56 Å². The van der Waals surface area contributed by atoms with E-state index in [1.807, 2.05) is 6.92 Å². The van der Waals surface area contributed by atoms with Crippen molar-refractivity contribution in [3.63, 3.8) is 0 Å². The fraction of sp³-hybridized carbons (Fsp3) is 0.143. The van der Waals surface area contributed by atoms with Crippen LogP contribution in [0.2, 0.25) is 0 Å². The molecule has 0 aliphatic rings. The molecule has 0 radical (unpaired) electrons. The molecule has 1 N–H and O–H groups in total. The summed E-state index contributed by atoms with van der Waals surface area (Å²) in [4.78, 5) is -0.181. The van der Waals surface area contributed by atoms with Crippen molar-refractivity contribution in [1.82, 2.24) is 0 Å². The van der Waals surface area contributed by atoms with E-state index in [9.17, 15) is 21.6 Å². The number of nitrogens with one attached hydrogen (secondary N) is 1. The highest BCUT2D eigenvalue weighted by Crippen LogP contribution is 2.27. The first-order valence-corrected chi connectivity index (χ1v) is 8.49. The van der Waals surface area contributed by atoms with Gasteiger partial charge in [0.2, 0.25) is 0 Å². The third kappa shape index (κ3) is 4.87. The van der Waals surface area contributed by atoms with E-state index in [0.29, 0.717) is 10.2 Å². The molecule has 124 valence electrons. The summed E-state index contributed by atoms with van der Waals surface area (Å²) >= 11 is 3.25. The Balaban J connectivity index is 2.22. The van der Waals surface area contributed by atoms with E-state index in [0.717, 1.165) is 29.8 Å². The zero-order valence-corrected chi connectivity index (χ0v) is 14.1. The van der Waals surface area contributed by atoms with Crippen molar-refractivity contribution >= 4 is 31.6 Å². The number of benzene rings is 2. The minimum absolute atomic E-state index is 0.181.